The molecule has 0 bridgehead atoms. The van der Waals surface area contributed by atoms with Crippen LogP contribution in [-0.2, 0) is 43.2 Å². The van der Waals surface area contributed by atoms with Gasteiger partial charge in [-0.15, -0.1) is 0 Å². The van der Waals surface area contributed by atoms with E-state index in [0.29, 0.717) is 38.6 Å². The fourth-order valence-electron chi connectivity index (χ4n) is 8.34. The molecule has 0 saturated carbocycles. The monoisotopic (exact) mass is 923 g/mol. The Morgan fingerprint density at radius 3 is 1.54 bits per heavy atom. The van der Waals surface area contributed by atoms with E-state index >= 15 is 0 Å². The van der Waals surface area contributed by atoms with Crippen molar-refractivity contribution in [2.24, 2.45) is 34.0 Å². The molecule has 0 spiro atoms. The molecule has 366 valence electrons. The van der Waals surface area contributed by atoms with Crippen molar-refractivity contribution < 1.29 is 58.5 Å². The van der Waals surface area contributed by atoms with Gasteiger partial charge in [-0.1, -0.05) is 27.7 Å². The first kappa shape index (κ1) is 53.7. The molecule has 3 heterocycles. The van der Waals surface area contributed by atoms with E-state index in [4.69, 9.17) is 22.3 Å². The number of hydrogen-bond donors (Lipinski definition) is 11. The number of aliphatic hydroxyl groups excluding tert-OH is 2. The highest BCUT2D eigenvalue weighted by atomic mass is 16.4. The molecule has 3 fully saturated rings. The maximum Gasteiger partial charge on any atom is 0.322 e. The second-order valence-electron chi connectivity index (χ2n) is 17.6. The van der Waals surface area contributed by atoms with Crippen molar-refractivity contribution in [1.82, 2.24) is 41.3 Å². The van der Waals surface area contributed by atoms with Crippen LogP contribution in [0.15, 0.2) is 4.99 Å². The molecule has 3 aliphatic rings. The fraction of sp³-hybridized carbons (Fsp3) is 0.756. The van der Waals surface area contributed by atoms with Crippen LogP contribution in [0.3, 0.4) is 0 Å². The Hall–Kier alpha value is -5.62. The van der Waals surface area contributed by atoms with Gasteiger partial charge in [-0.05, 0) is 76.0 Å². The minimum atomic E-state index is -1.63. The average molecular weight is 923 g/mol. The molecule has 8 amide bonds. The Balaban J connectivity index is 1.73. The maximum atomic E-state index is 13.9. The number of nitrogens with two attached hydrogens (primary N) is 3. The van der Waals surface area contributed by atoms with Gasteiger partial charge in [0, 0.05) is 26.2 Å². The summed E-state index contributed by atoms with van der Waals surface area (Å²) >= 11 is 0. The number of carboxylic acid groups (broad SMARTS) is 1. The van der Waals surface area contributed by atoms with Crippen LogP contribution in [0, 0.1) is 11.8 Å². The van der Waals surface area contributed by atoms with Crippen molar-refractivity contribution >= 4 is 59.2 Å². The molecule has 0 aliphatic carbocycles. The number of aliphatic imine (C=N–C) groups is 1. The smallest absolute Gasteiger partial charge is 0.322 e. The van der Waals surface area contributed by atoms with Crippen molar-refractivity contribution in [2.45, 2.75) is 140 Å². The number of rotatable bonds is 24. The number of nitrogens with one attached hydrogen (secondary N) is 5. The quantitative estimate of drug-likeness (QED) is 0.0247. The Morgan fingerprint density at radius 2 is 1.06 bits per heavy atom. The van der Waals surface area contributed by atoms with Crippen LogP contribution in [0.2, 0.25) is 0 Å². The van der Waals surface area contributed by atoms with Crippen LogP contribution < -0.4 is 43.8 Å². The molecular weight excluding hydrogens is 853 g/mol. The molecule has 24 nitrogen and oxygen atoms in total. The van der Waals surface area contributed by atoms with Crippen LogP contribution >= 0.6 is 0 Å². The number of carbonyl (C=O) groups excluding carboxylic acids is 8. The van der Waals surface area contributed by atoms with Crippen molar-refractivity contribution in [1.29, 1.82) is 0 Å². The summed E-state index contributed by atoms with van der Waals surface area (Å²) in [5, 5.41) is 42.0. The predicted molar refractivity (Wildman–Crippen MR) is 234 cm³/mol. The van der Waals surface area contributed by atoms with E-state index in [0.717, 1.165) is 4.90 Å². The number of nitrogens with zero attached hydrogens (tertiary/aromatic N) is 4. The summed E-state index contributed by atoms with van der Waals surface area (Å²) in [7, 11) is 0. The van der Waals surface area contributed by atoms with E-state index in [1.165, 1.54) is 9.80 Å². The Kier molecular flexibility index (Phi) is 21.3. The van der Waals surface area contributed by atoms with E-state index < -0.39 is 115 Å². The van der Waals surface area contributed by atoms with Gasteiger partial charge in [0.25, 0.3) is 0 Å². The Morgan fingerprint density at radius 1 is 0.615 bits per heavy atom. The van der Waals surface area contributed by atoms with Crippen LogP contribution in [0.4, 0.5) is 0 Å². The van der Waals surface area contributed by atoms with Crippen molar-refractivity contribution in [3.63, 3.8) is 0 Å². The van der Waals surface area contributed by atoms with Crippen LogP contribution in [0.1, 0.15) is 91.9 Å². The zero-order valence-corrected chi connectivity index (χ0v) is 37.8. The van der Waals surface area contributed by atoms with Gasteiger partial charge in [0.05, 0.1) is 19.3 Å². The lowest BCUT2D eigenvalue weighted by Gasteiger charge is -2.31. The highest BCUT2D eigenvalue weighted by Gasteiger charge is 2.43. The number of carboxylic acids is 1. The summed E-state index contributed by atoms with van der Waals surface area (Å²) in [5.41, 5.74) is 17.0. The summed E-state index contributed by atoms with van der Waals surface area (Å²) in [4.78, 5) is 127. The second kappa shape index (κ2) is 25.8. The molecule has 3 saturated heterocycles. The molecule has 3 aliphatic heterocycles. The molecule has 24 heteroatoms. The molecule has 8 atom stereocenters. The summed E-state index contributed by atoms with van der Waals surface area (Å²) in [6.07, 6.45) is 2.73. The van der Waals surface area contributed by atoms with E-state index in [2.05, 4.69) is 31.6 Å². The normalized spacial score (nSPS) is 20.6. The minimum absolute atomic E-state index is 0.0573. The lowest BCUT2D eigenvalue weighted by molar-refractivity contribution is -0.145. The lowest BCUT2D eigenvalue weighted by Crippen LogP contribution is -2.61. The summed E-state index contributed by atoms with van der Waals surface area (Å²) in [6, 6.07) is -9.46. The topological polar surface area (TPSA) is 375 Å². The van der Waals surface area contributed by atoms with E-state index in [1.54, 1.807) is 0 Å². The standard InChI is InChI=1S/C41H70N12O12/c1-22(2)17-24(42)38(63)51-14-7-11-30(51)37(62)50-28(21-55)40(65)53-16-8-12-31(53)36(61)49-27(20-54)34(59)47-25(9-5-13-45-41(43)44)33(58)48-26(18-23(3)4)39(64)52-15-6-10-29(52)35(60)46-19-32(56)57/h22-31,54-55H,5-21,42H2,1-4H3,(H,46,60)(H,47,59)(H,48,58)(H,49,61)(H,50,62)(H,56,57)(H4,43,44,45). The highest BCUT2D eigenvalue weighted by Crippen LogP contribution is 2.23. The fourth-order valence-corrected chi connectivity index (χ4v) is 8.34. The van der Waals surface area contributed by atoms with Gasteiger partial charge in [-0.2, -0.15) is 0 Å². The van der Waals surface area contributed by atoms with Crippen LogP contribution in [0.5, 0.6) is 0 Å². The van der Waals surface area contributed by atoms with Gasteiger partial charge in [-0.25, -0.2) is 0 Å². The zero-order valence-electron chi connectivity index (χ0n) is 37.8. The third kappa shape index (κ3) is 15.8. The van der Waals surface area contributed by atoms with E-state index in [9.17, 15) is 53.4 Å². The van der Waals surface area contributed by atoms with Gasteiger partial charge in [0.15, 0.2) is 5.96 Å². The highest BCUT2D eigenvalue weighted by molar-refractivity contribution is 5.98. The average Bonchev–Trinajstić information content (AvgIpc) is 4.05. The third-order valence-electron chi connectivity index (χ3n) is 11.5. The molecule has 0 radical (unpaired) electrons. The third-order valence-corrected chi connectivity index (χ3v) is 11.5. The van der Waals surface area contributed by atoms with Gasteiger partial charge >= 0.3 is 5.97 Å². The molecular formula is C41H70N12O12. The largest absolute Gasteiger partial charge is 0.480 e. The summed E-state index contributed by atoms with van der Waals surface area (Å²) in [6.45, 7) is 5.69. The predicted octanol–water partition coefficient (Wildman–Crippen LogP) is -4.44. The zero-order chi connectivity index (χ0) is 48.5. The number of carbonyl (C=O) groups is 9. The van der Waals surface area contributed by atoms with Crippen molar-refractivity contribution in [2.75, 3.05) is 45.9 Å². The Labute approximate surface area is 378 Å². The molecule has 3 rings (SSSR count). The maximum absolute atomic E-state index is 13.9. The van der Waals surface area contributed by atoms with Crippen LogP contribution in [0.25, 0.3) is 0 Å². The summed E-state index contributed by atoms with van der Waals surface area (Å²) < 4.78 is 0. The first-order valence-electron chi connectivity index (χ1n) is 22.4. The number of guanidine groups is 1. The first-order chi connectivity index (χ1) is 30.7. The van der Waals surface area contributed by atoms with E-state index in [1.807, 2.05) is 27.7 Å². The van der Waals surface area contributed by atoms with Crippen LogP contribution in [-0.4, -0.2) is 183 Å². The molecule has 0 aromatic carbocycles. The van der Waals surface area contributed by atoms with E-state index in [-0.39, 0.29) is 75.4 Å². The number of likely N-dealkylation sites (tertiary alicyclic amines) is 3. The lowest BCUT2D eigenvalue weighted by atomic mass is 10.0. The molecule has 65 heavy (non-hydrogen) atoms. The minimum Gasteiger partial charge on any atom is -0.480 e. The van der Waals surface area contributed by atoms with Gasteiger partial charge in [0.2, 0.25) is 47.3 Å². The Bertz CT molecular complexity index is 1740. The van der Waals surface area contributed by atoms with Gasteiger partial charge in [-0.3, -0.25) is 48.1 Å². The van der Waals surface area contributed by atoms with Gasteiger partial charge in [0.1, 0.15) is 48.8 Å². The van der Waals surface area contributed by atoms with Crippen molar-refractivity contribution in [3.8, 4) is 0 Å². The number of amides is 8. The summed E-state index contributed by atoms with van der Waals surface area (Å²) in [5.74, 6) is -7.13. The SMILES string of the molecule is CC(C)CC(N)C(=O)N1CCCC1C(=O)NC(CO)C(=O)N1CCCC1C(=O)NC(CO)C(=O)NC(CCCN=C(N)N)C(=O)NC(CC(C)C)C(=O)N1CCCC1C(=O)NCC(=O)O. The molecule has 8 unspecified atom stereocenters. The van der Waals surface area contributed by atoms with Crippen molar-refractivity contribution in [3.05, 3.63) is 0 Å². The number of aliphatic hydroxyl groups is 2. The molecule has 14 N–H and O–H groups in total. The molecule has 0 aromatic heterocycles. The first-order valence-corrected chi connectivity index (χ1v) is 22.4. The number of aliphatic carboxylic acids is 1. The van der Waals surface area contributed by atoms with Gasteiger partial charge < -0.3 is 73.8 Å². The molecule has 0 aromatic rings. The number of hydrogen-bond acceptors (Lipinski definition) is 13. The second-order valence-corrected chi connectivity index (χ2v) is 17.6.